The number of aldehydes is 1. The van der Waals surface area contributed by atoms with E-state index < -0.39 is 48.0 Å². The number of hydrogen-bond donors (Lipinski definition) is 5. The predicted molar refractivity (Wildman–Crippen MR) is 243 cm³/mol. The van der Waals surface area contributed by atoms with Crippen LogP contribution < -0.4 is 16.0 Å². The van der Waals surface area contributed by atoms with E-state index in [9.17, 15) is 34.2 Å². The van der Waals surface area contributed by atoms with Gasteiger partial charge in [-0.25, -0.2) is 9.59 Å². The van der Waals surface area contributed by atoms with E-state index in [0.717, 1.165) is 82.1 Å². The van der Waals surface area contributed by atoms with E-state index in [1.54, 1.807) is 72.8 Å². The van der Waals surface area contributed by atoms with Gasteiger partial charge < -0.3 is 45.1 Å². The largest absolute Gasteiger partial charge is 0.467 e. The number of esters is 2. The van der Waals surface area contributed by atoms with Gasteiger partial charge in [-0.2, -0.15) is 0 Å². The molecule has 0 bridgehead atoms. The summed E-state index contributed by atoms with van der Waals surface area (Å²) in [4.78, 5) is 60.9. The van der Waals surface area contributed by atoms with Crippen LogP contribution in [0.1, 0.15) is 72.7 Å². The molecule has 5 N–H and O–H groups in total. The third kappa shape index (κ3) is 17.8. The second-order valence-electron chi connectivity index (χ2n) is 14.8. The van der Waals surface area contributed by atoms with Gasteiger partial charge in [0.15, 0.2) is 12.1 Å². The van der Waals surface area contributed by atoms with Crippen molar-refractivity contribution >= 4 is 30.0 Å². The van der Waals surface area contributed by atoms with E-state index in [2.05, 4.69) is 66.1 Å². The van der Waals surface area contributed by atoms with E-state index in [0.29, 0.717) is 22.3 Å². The summed E-state index contributed by atoms with van der Waals surface area (Å²) in [5, 5.41) is 27.4. The van der Waals surface area contributed by atoms with Gasteiger partial charge in [0.1, 0.15) is 6.29 Å². The topological polar surface area (TPSA) is 202 Å². The zero-order valence-corrected chi connectivity index (χ0v) is 37.0. The maximum Gasteiger partial charge on any atom is 0.331 e. The van der Waals surface area contributed by atoms with Crippen molar-refractivity contribution in [1.82, 2.24) is 20.9 Å². The second kappa shape index (κ2) is 27.5. The fraction of sp³-hybridized carbons (Fsp3) is 0.340. The first-order valence-electron chi connectivity index (χ1n) is 21.0. The quantitative estimate of drug-likeness (QED) is 0.0838. The summed E-state index contributed by atoms with van der Waals surface area (Å²) in [6.07, 6.45) is -1.39. The Morgan fingerprint density at radius 3 is 1.32 bits per heavy atom. The Morgan fingerprint density at radius 1 is 0.631 bits per heavy atom. The molecule has 2 aliphatic heterocycles. The Bertz CT molecular complexity index is 2250. The summed E-state index contributed by atoms with van der Waals surface area (Å²) in [6.45, 7) is 11.0. The molecule has 4 atom stereocenters. The highest BCUT2D eigenvalue weighted by Crippen LogP contribution is 2.11. The maximum absolute atomic E-state index is 12.4. The summed E-state index contributed by atoms with van der Waals surface area (Å²) in [5.41, 5.74) is 5.65. The van der Waals surface area contributed by atoms with Crippen LogP contribution in [0.4, 0.5) is 0 Å². The summed E-state index contributed by atoms with van der Waals surface area (Å²) >= 11 is 0. The number of hydrogen-bond acceptors (Lipinski definition) is 13. The van der Waals surface area contributed by atoms with Crippen molar-refractivity contribution in [2.24, 2.45) is 0 Å². The molecule has 0 saturated carbocycles. The molecule has 0 aliphatic carbocycles. The lowest BCUT2D eigenvalue weighted by Crippen LogP contribution is -2.48. The zero-order chi connectivity index (χ0) is 47.0. The van der Waals surface area contributed by atoms with E-state index >= 15 is 0 Å². The highest BCUT2D eigenvalue weighted by Gasteiger charge is 2.28. The predicted octanol–water partition coefficient (Wildman–Crippen LogP) is 2.73. The third-order valence-electron chi connectivity index (χ3n) is 9.80. The second-order valence-corrected chi connectivity index (χ2v) is 14.8. The molecule has 0 radical (unpaired) electrons. The van der Waals surface area contributed by atoms with Crippen molar-refractivity contribution in [1.29, 1.82) is 0 Å². The molecule has 4 aromatic carbocycles. The maximum atomic E-state index is 12.4. The van der Waals surface area contributed by atoms with Crippen LogP contribution in [-0.2, 0) is 35.1 Å². The minimum atomic E-state index is -1.14. The molecule has 342 valence electrons. The van der Waals surface area contributed by atoms with Gasteiger partial charge in [-0.15, -0.1) is 0 Å². The van der Waals surface area contributed by atoms with Gasteiger partial charge in [-0.3, -0.25) is 19.3 Å². The molecule has 15 nitrogen and oxygen atoms in total. The summed E-state index contributed by atoms with van der Waals surface area (Å²) < 4.78 is 19.6. The molecule has 0 unspecified atom stereocenters. The minimum absolute atomic E-state index is 0.324. The van der Waals surface area contributed by atoms with Crippen molar-refractivity contribution in [3.05, 3.63) is 142 Å². The SMILES string of the molecule is C1COCCN1.COC(=O)[C@@H](NC(=O)c1ccc(C#Cc2ccc(C=O)cc2)cc1)[C@@H](C)O.COC(=O)[C@@H](NC(=O)c1ccc(C#Cc2ccc(CN3CCOCC3)cc2)cc1)[C@@H](C)O. The first kappa shape index (κ1) is 50.9. The van der Waals surface area contributed by atoms with Gasteiger partial charge in [-0.1, -0.05) is 47.9 Å². The number of nitrogens with zero attached hydrogens (tertiary/aromatic N) is 1. The number of carbonyl (C=O) groups excluding carboxylic acids is 5. The number of benzene rings is 4. The van der Waals surface area contributed by atoms with Crippen molar-refractivity contribution in [3.63, 3.8) is 0 Å². The van der Waals surface area contributed by atoms with Gasteiger partial charge in [0.05, 0.1) is 52.9 Å². The number of carbonyl (C=O) groups is 5. The average Bonchev–Trinajstić information content (AvgIpc) is 3.35. The Balaban J connectivity index is 0.000000254. The van der Waals surface area contributed by atoms with Crippen molar-refractivity contribution < 1.29 is 53.1 Å². The van der Waals surface area contributed by atoms with Crippen LogP contribution in [0.25, 0.3) is 0 Å². The number of nitrogens with one attached hydrogen (secondary N) is 3. The number of aliphatic hydroxyl groups excluding tert-OH is 2. The van der Waals surface area contributed by atoms with E-state index in [1.165, 1.54) is 33.6 Å². The Kier molecular flexibility index (Phi) is 21.5. The summed E-state index contributed by atoms with van der Waals surface area (Å²) in [7, 11) is 2.39. The molecular weight excluding hydrogens is 833 g/mol. The van der Waals surface area contributed by atoms with Gasteiger partial charge in [-0.05, 0) is 92.2 Å². The average molecular weight is 889 g/mol. The molecule has 6 rings (SSSR count). The molecule has 0 spiro atoms. The number of aliphatic hydroxyl groups is 2. The van der Waals surface area contributed by atoms with E-state index in [-0.39, 0.29) is 0 Å². The first-order chi connectivity index (χ1) is 31.4. The van der Waals surface area contributed by atoms with Crippen molar-refractivity contribution in [2.45, 2.75) is 44.7 Å². The lowest BCUT2D eigenvalue weighted by atomic mass is 10.1. The van der Waals surface area contributed by atoms with Gasteiger partial charge in [0, 0.05) is 71.7 Å². The van der Waals surface area contributed by atoms with Crippen LogP contribution in [0.3, 0.4) is 0 Å². The monoisotopic (exact) mass is 888 g/mol. The summed E-state index contributed by atoms with van der Waals surface area (Å²) in [6, 6.07) is 26.0. The van der Waals surface area contributed by atoms with E-state index in [4.69, 9.17) is 9.47 Å². The molecule has 65 heavy (non-hydrogen) atoms. The molecule has 2 saturated heterocycles. The van der Waals surface area contributed by atoms with Crippen molar-refractivity contribution in [2.75, 3.05) is 66.8 Å². The Labute approximate surface area is 379 Å². The molecule has 0 aromatic heterocycles. The van der Waals surface area contributed by atoms with Gasteiger partial charge in [0.2, 0.25) is 0 Å². The van der Waals surface area contributed by atoms with Crippen molar-refractivity contribution in [3.8, 4) is 23.7 Å². The Morgan fingerprint density at radius 2 is 1.00 bits per heavy atom. The fourth-order valence-corrected chi connectivity index (χ4v) is 6.03. The number of methoxy groups -OCH3 is 2. The number of rotatable bonds is 11. The lowest BCUT2D eigenvalue weighted by Gasteiger charge is -2.26. The van der Waals surface area contributed by atoms with Crippen LogP contribution in [-0.4, -0.2) is 136 Å². The Hall–Kier alpha value is -6.69. The fourth-order valence-electron chi connectivity index (χ4n) is 6.03. The van der Waals surface area contributed by atoms with E-state index in [1.807, 2.05) is 12.1 Å². The molecule has 15 heteroatoms. The molecule has 4 aromatic rings. The molecule has 2 fully saturated rings. The molecular formula is C50H56N4O11. The molecule has 2 heterocycles. The normalized spacial score (nSPS) is 15.0. The van der Waals surface area contributed by atoms with Crippen LogP contribution in [0.15, 0.2) is 97.1 Å². The molecule has 2 aliphatic rings. The van der Waals surface area contributed by atoms with Gasteiger partial charge in [0.25, 0.3) is 11.8 Å². The number of ether oxygens (including phenoxy) is 4. The highest BCUT2D eigenvalue weighted by molar-refractivity contribution is 5.97. The van der Waals surface area contributed by atoms with Crippen LogP contribution in [0.2, 0.25) is 0 Å². The van der Waals surface area contributed by atoms with Gasteiger partial charge >= 0.3 is 11.9 Å². The standard InChI is InChI=1S/C25H28N2O5.C21H19NO5.C4H9NO/c1-18(28)23(25(30)31-2)26-24(29)22-11-9-20(10-12-22)4-3-19-5-7-21(8-6-19)17-27-13-15-32-16-14-27;1-14(24)19(21(26)27-2)22-20(25)18-11-9-16(10-12-18)4-3-15-5-7-17(13-23)8-6-15;1-3-6-4-2-5-1/h5-12,18,23,28H,13-17H2,1-2H3,(H,26,29);5-14,19,24H,1-2H3,(H,22,25);5H,1-4H2/t18-,23+;14-,19+;/m11./s1. The minimum Gasteiger partial charge on any atom is -0.467 e. The zero-order valence-electron chi connectivity index (χ0n) is 37.0. The lowest BCUT2D eigenvalue weighted by molar-refractivity contribution is -0.146. The first-order valence-corrected chi connectivity index (χ1v) is 21.0. The van der Waals surface area contributed by atoms with Crippen LogP contribution in [0.5, 0.6) is 0 Å². The number of morpholine rings is 2. The third-order valence-corrected chi connectivity index (χ3v) is 9.80. The van der Waals surface area contributed by atoms with Crippen LogP contribution >= 0.6 is 0 Å². The number of amides is 2. The smallest absolute Gasteiger partial charge is 0.331 e. The van der Waals surface area contributed by atoms with Crippen LogP contribution in [0, 0.1) is 23.7 Å². The summed E-state index contributed by atoms with van der Waals surface area (Å²) in [5.74, 6) is 9.76. The molecule has 2 amide bonds. The highest BCUT2D eigenvalue weighted by atomic mass is 16.5.